The zero-order chi connectivity index (χ0) is 66.5. The van der Waals surface area contributed by atoms with Gasteiger partial charge < -0.3 is 50.8 Å². The van der Waals surface area contributed by atoms with Crippen LogP contribution >= 0.6 is 23.2 Å². The number of sulfonamides is 2. The number of piperazine rings is 2. The molecule has 24 nitrogen and oxygen atoms in total. The molecule has 4 amide bonds. The minimum Gasteiger partial charge on any atom is -0.484 e. The van der Waals surface area contributed by atoms with E-state index in [2.05, 4.69) is 101 Å². The van der Waals surface area contributed by atoms with E-state index in [-0.39, 0.29) is 70.2 Å². The van der Waals surface area contributed by atoms with Crippen molar-refractivity contribution in [3.63, 3.8) is 0 Å². The molecule has 0 saturated carbocycles. The molecular weight excluding hydrogens is 1280 g/mol. The van der Waals surface area contributed by atoms with Crippen molar-refractivity contribution in [2.24, 2.45) is 0 Å². The lowest BCUT2D eigenvalue weighted by molar-refractivity contribution is 0.0479. The van der Waals surface area contributed by atoms with Gasteiger partial charge in [0.2, 0.25) is 20.0 Å². The maximum Gasteiger partial charge on any atom is 0.314 e. The Morgan fingerprint density at radius 3 is 1.29 bits per heavy atom. The smallest absolute Gasteiger partial charge is 0.314 e. The van der Waals surface area contributed by atoms with Crippen LogP contribution in [0.3, 0.4) is 0 Å². The Labute approximate surface area is 563 Å². The minimum absolute atomic E-state index is 0.0273. The Hall–Kier alpha value is -5.92. The number of unbranched alkanes of at least 4 members (excludes halogenated alkanes) is 1. The number of nitrogens with zero attached hydrogens (tertiary/aromatic N) is 6. The Morgan fingerprint density at radius 2 is 0.915 bits per heavy atom. The number of likely N-dealkylation sites (tertiary alicyclic amines) is 2. The highest BCUT2D eigenvalue weighted by atomic mass is 35.5. The van der Waals surface area contributed by atoms with Gasteiger partial charge in [0, 0.05) is 125 Å². The number of benzene rings is 4. The predicted octanol–water partition coefficient (Wildman–Crippen LogP) is 5.01. The minimum atomic E-state index is -3.82. The lowest BCUT2D eigenvalue weighted by Crippen LogP contribution is -2.58. The first-order valence-corrected chi connectivity index (χ1v) is 36.6. The van der Waals surface area contributed by atoms with Crippen molar-refractivity contribution < 1.29 is 45.4 Å². The first-order valence-electron chi connectivity index (χ1n) is 32.9. The van der Waals surface area contributed by atoms with Crippen LogP contribution in [-0.4, -0.2) is 215 Å². The number of urea groups is 2. The third kappa shape index (κ3) is 19.0. The first kappa shape index (κ1) is 70.9. The topological polar surface area (TPSA) is 296 Å². The van der Waals surface area contributed by atoms with Crippen molar-refractivity contribution in [1.82, 2.24) is 60.9 Å². The van der Waals surface area contributed by atoms with Crippen LogP contribution in [0.15, 0.2) is 82.6 Å². The average Bonchev–Trinajstić information content (AvgIpc) is 1.61. The summed E-state index contributed by atoms with van der Waals surface area (Å²) in [4.78, 5) is 34.1. The third-order valence-electron chi connectivity index (χ3n) is 18.3. The number of amides is 4. The molecule has 6 aliphatic rings. The fourth-order valence-corrected chi connectivity index (χ4v) is 17.1. The van der Waals surface area contributed by atoms with E-state index in [4.69, 9.17) is 42.1 Å². The van der Waals surface area contributed by atoms with E-state index in [0.717, 1.165) is 48.4 Å². The molecule has 0 aromatic heterocycles. The van der Waals surface area contributed by atoms with E-state index in [1.807, 2.05) is 12.1 Å². The summed E-state index contributed by atoms with van der Waals surface area (Å²) < 4.78 is 84.7. The van der Waals surface area contributed by atoms with Gasteiger partial charge in [-0.05, 0) is 174 Å². The highest BCUT2D eigenvalue weighted by molar-refractivity contribution is 7.89. The van der Waals surface area contributed by atoms with Crippen molar-refractivity contribution in [1.29, 1.82) is 10.5 Å². The molecule has 10 atom stereocenters. The summed E-state index contributed by atoms with van der Waals surface area (Å²) in [6.45, 7) is 18.7. The molecule has 10 rings (SSSR count). The van der Waals surface area contributed by atoms with E-state index in [9.17, 15) is 36.9 Å². The number of hydrogen-bond donors (Lipinski definition) is 8. The number of carbonyl (C=O) groups excluding carboxylic acids is 2. The lowest BCUT2D eigenvalue weighted by Gasteiger charge is -2.41. The Balaban J connectivity index is 0.529. The molecule has 0 spiro atoms. The first-order chi connectivity index (χ1) is 45.2. The number of nitrogens with one attached hydrogen (secondary N) is 8. The number of rotatable bonds is 29. The van der Waals surface area contributed by atoms with Gasteiger partial charge >= 0.3 is 12.1 Å². The Morgan fingerprint density at radius 1 is 0.543 bits per heavy atom. The van der Waals surface area contributed by atoms with Gasteiger partial charge in [0.25, 0.3) is 0 Å². The van der Waals surface area contributed by atoms with Gasteiger partial charge in [0.05, 0.1) is 71.6 Å². The summed E-state index contributed by atoms with van der Waals surface area (Å²) in [5, 5.41) is 39.2. The fraction of sp³-hybridized carbons (Fsp3) is 0.576. The van der Waals surface area contributed by atoms with E-state index in [1.54, 1.807) is 60.7 Å². The van der Waals surface area contributed by atoms with E-state index >= 15 is 0 Å². The van der Waals surface area contributed by atoms with Crippen LogP contribution in [0.25, 0.3) is 0 Å². The molecule has 4 aromatic rings. The summed E-state index contributed by atoms with van der Waals surface area (Å²) >= 11 is 13.0. The molecule has 94 heavy (non-hydrogen) atoms. The Kier molecular flexibility index (Phi) is 24.8. The molecular formula is C66H90Cl2N14O10S2. The number of nitriles is 2. The average molecular weight is 1370 g/mol. The van der Waals surface area contributed by atoms with E-state index in [1.165, 1.54) is 0 Å². The van der Waals surface area contributed by atoms with Crippen LogP contribution in [0.1, 0.15) is 99.0 Å². The molecule has 4 saturated heterocycles. The molecule has 0 unspecified atom stereocenters. The molecule has 2 aliphatic carbocycles. The number of halogens is 2. The quantitative estimate of drug-likeness (QED) is 0.0332. The largest absolute Gasteiger partial charge is 0.484 e. The lowest BCUT2D eigenvalue weighted by atomic mass is 10.0. The second-order valence-corrected chi connectivity index (χ2v) is 30.1. The molecule has 4 fully saturated rings. The van der Waals surface area contributed by atoms with E-state index < -0.39 is 32.3 Å². The van der Waals surface area contributed by atoms with Crippen LogP contribution in [0, 0.1) is 22.7 Å². The van der Waals surface area contributed by atoms with Crippen LogP contribution in [0.4, 0.5) is 9.59 Å². The Bertz CT molecular complexity index is 3320. The molecule has 0 radical (unpaired) electrons. The molecule has 0 bridgehead atoms. The van der Waals surface area contributed by atoms with Gasteiger partial charge in [-0.2, -0.15) is 10.5 Å². The third-order valence-corrected chi connectivity index (χ3v) is 21.8. The van der Waals surface area contributed by atoms with Crippen molar-refractivity contribution in [2.45, 2.75) is 137 Å². The second-order valence-electron chi connectivity index (χ2n) is 25.8. The molecule has 4 aliphatic heterocycles. The normalized spacial score (nSPS) is 25.1. The van der Waals surface area contributed by atoms with Crippen molar-refractivity contribution in [3.05, 3.63) is 116 Å². The van der Waals surface area contributed by atoms with Crippen molar-refractivity contribution >= 4 is 55.3 Å². The van der Waals surface area contributed by atoms with Crippen LogP contribution in [0.5, 0.6) is 11.5 Å². The number of ether oxygens (including phenoxy) is 4. The molecule has 28 heteroatoms. The standard InChI is InChI=1S/C66H90Cl2N14O10S2/c1-43-37-81(38-44(2)75-43)61-33-57-47(35-69)29-49(67)31-59(57)63(61)91-53-7-11-55(12-8-53)93(85,86)77-51-15-21-79(41-51)23-27-89-25-19-73-65(83)71-17-5-6-18-72-66(84)74-20-26-90-28-24-80-22-16-52(42-80)78-94(87,88)56-13-9-54(10-14-56)92-64-60-32-50(68)30-48(36-70)58(60)34-62(64)82-39-45(3)76-46(4)40-82/h7-14,29-32,43-46,51-52,61-64,75-78H,5-6,15-28,33-34,37-42H2,1-4H3,(H2,71,73,83)(H2,72,74,84)/t43-,44+,45-,46+,51-,52-,61+,62+,63+,64+/m1/s1. The molecule has 8 N–H and O–H groups in total. The summed E-state index contributed by atoms with van der Waals surface area (Å²) in [5.74, 6) is 1.05. The summed E-state index contributed by atoms with van der Waals surface area (Å²) in [6.07, 6.45) is 3.14. The van der Waals surface area contributed by atoms with Crippen molar-refractivity contribution in [3.8, 4) is 23.6 Å². The highest BCUT2D eigenvalue weighted by Gasteiger charge is 2.44. The summed E-state index contributed by atoms with van der Waals surface area (Å²) in [5.41, 5.74) is 4.73. The fourth-order valence-electron chi connectivity index (χ4n) is 14.1. The summed E-state index contributed by atoms with van der Waals surface area (Å²) in [6, 6.07) is 24.7. The SMILES string of the molecule is C[C@@H]1CN([C@H]2Cc3c(C#N)cc(Cl)cc3[C@@H]2Oc2ccc(S(=O)(=O)N[C@@H]3CCN(CCOCCNC(=O)NCCCCNC(=O)NCCOCCN4CC[C@@H](NS(=O)(=O)c5ccc(O[C@H]6c7cc(Cl)cc(C#N)c7C[C@@H]6N6C[C@@H](C)N[C@@H](C)C6)cc5)C4)C3)cc2)C[C@H](C)N1. The van der Waals surface area contributed by atoms with Crippen LogP contribution < -0.4 is 50.8 Å². The zero-order valence-electron chi connectivity index (χ0n) is 54.0. The van der Waals surface area contributed by atoms with E-state index in [0.29, 0.717) is 163 Å². The molecule has 4 heterocycles. The van der Waals surface area contributed by atoms with Crippen LogP contribution in [0.2, 0.25) is 10.0 Å². The number of hydrogen-bond acceptors (Lipinski definition) is 18. The summed E-state index contributed by atoms with van der Waals surface area (Å²) in [7, 11) is -7.63. The second kappa shape index (κ2) is 32.9. The predicted molar refractivity (Wildman–Crippen MR) is 358 cm³/mol. The highest BCUT2D eigenvalue weighted by Crippen LogP contribution is 2.44. The van der Waals surface area contributed by atoms with Gasteiger partial charge in [-0.3, -0.25) is 19.6 Å². The number of fused-ring (bicyclic) bond motifs is 2. The number of carbonyl (C=O) groups is 2. The maximum absolute atomic E-state index is 13.5. The van der Waals surface area contributed by atoms with Gasteiger partial charge in [-0.25, -0.2) is 35.9 Å². The monoisotopic (exact) mass is 1370 g/mol. The maximum atomic E-state index is 13.5. The van der Waals surface area contributed by atoms with Crippen molar-refractivity contribution in [2.75, 3.05) is 118 Å². The van der Waals surface area contributed by atoms with Gasteiger partial charge in [-0.15, -0.1) is 0 Å². The molecule has 4 aromatic carbocycles. The van der Waals surface area contributed by atoms with Gasteiger partial charge in [0.1, 0.15) is 23.7 Å². The van der Waals surface area contributed by atoms with Crippen LogP contribution in [-0.2, 0) is 42.4 Å². The van der Waals surface area contributed by atoms with Gasteiger partial charge in [-0.1, -0.05) is 23.2 Å². The van der Waals surface area contributed by atoms with Gasteiger partial charge in [0.15, 0.2) is 0 Å². The zero-order valence-corrected chi connectivity index (χ0v) is 57.2. The molecule has 510 valence electrons.